The first-order chi connectivity index (χ1) is 14.2. The molecule has 1 atom stereocenters. The van der Waals surface area contributed by atoms with Gasteiger partial charge in [-0.15, -0.1) is 24.0 Å². The van der Waals surface area contributed by atoms with Crippen LogP contribution in [0.2, 0.25) is 0 Å². The van der Waals surface area contributed by atoms with Gasteiger partial charge in [0.15, 0.2) is 11.8 Å². The van der Waals surface area contributed by atoms with E-state index in [1.807, 2.05) is 11.7 Å². The maximum absolute atomic E-state index is 5.17. The molecule has 1 aromatic heterocycles. The van der Waals surface area contributed by atoms with E-state index in [1.165, 1.54) is 50.3 Å². The maximum Gasteiger partial charge on any atom is 0.191 e. The molecule has 3 heterocycles. The summed E-state index contributed by atoms with van der Waals surface area (Å²) >= 11 is 2.09. The van der Waals surface area contributed by atoms with Crippen LogP contribution in [0.4, 0.5) is 0 Å². The van der Waals surface area contributed by atoms with Crippen molar-refractivity contribution in [2.24, 2.45) is 4.99 Å². The van der Waals surface area contributed by atoms with Gasteiger partial charge < -0.3 is 15.4 Å². The van der Waals surface area contributed by atoms with Gasteiger partial charge in [-0.25, -0.2) is 9.67 Å². The number of halogens is 1. The van der Waals surface area contributed by atoms with Crippen molar-refractivity contribution in [1.29, 1.82) is 0 Å². The second-order valence-electron chi connectivity index (χ2n) is 8.40. The third-order valence-corrected chi connectivity index (χ3v) is 7.48. The molecule has 2 aliphatic heterocycles. The Morgan fingerprint density at radius 1 is 1.30 bits per heavy atom. The number of rotatable bonds is 6. The van der Waals surface area contributed by atoms with Gasteiger partial charge in [0.1, 0.15) is 12.4 Å². The van der Waals surface area contributed by atoms with E-state index in [4.69, 9.17) is 4.74 Å². The van der Waals surface area contributed by atoms with Crippen LogP contribution in [0.25, 0.3) is 0 Å². The molecule has 0 aromatic carbocycles. The molecule has 30 heavy (non-hydrogen) atoms. The standard InChI is InChI=1S/C20H35N7OS.HI/c1-21-19(22-15-20(7-3-4-8-20)26-9-11-29-12-10-26)23-16-5-6-18-24-17(14-28-2)25-27(18)13-16;/h16H,3-15H2,1-2H3,(H2,21,22,23);1H. The van der Waals surface area contributed by atoms with Gasteiger partial charge in [-0.3, -0.25) is 9.89 Å². The molecule has 0 radical (unpaired) electrons. The smallest absolute Gasteiger partial charge is 0.191 e. The van der Waals surface area contributed by atoms with E-state index in [-0.39, 0.29) is 24.0 Å². The van der Waals surface area contributed by atoms with E-state index in [9.17, 15) is 0 Å². The normalized spacial score (nSPS) is 24.2. The molecular weight excluding hydrogens is 513 g/mol. The van der Waals surface area contributed by atoms with Crippen LogP contribution < -0.4 is 10.6 Å². The van der Waals surface area contributed by atoms with Crippen molar-refractivity contribution in [3.63, 3.8) is 0 Å². The Hall–Kier alpha value is -0.590. The highest BCUT2D eigenvalue weighted by molar-refractivity contribution is 14.0. The number of hydrogen-bond donors (Lipinski definition) is 2. The lowest BCUT2D eigenvalue weighted by Crippen LogP contribution is -2.58. The highest BCUT2D eigenvalue weighted by atomic mass is 127. The van der Waals surface area contributed by atoms with E-state index in [0.717, 1.165) is 43.5 Å². The summed E-state index contributed by atoms with van der Waals surface area (Å²) in [6.45, 7) is 4.72. The average Bonchev–Trinajstić information content (AvgIpc) is 3.39. The predicted octanol–water partition coefficient (Wildman–Crippen LogP) is 1.88. The maximum atomic E-state index is 5.17. The number of fused-ring (bicyclic) bond motifs is 1. The molecule has 2 N–H and O–H groups in total. The van der Waals surface area contributed by atoms with Gasteiger partial charge >= 0.3 is 0 Å². The summed E-state index contributed by atoms with van der Waals surface area (Å²) in [6, 6.07) is 0.316. The van der Waals surface area contributed by atoms with Crippen LogP contribution in [-0.2, 0) is 24.3 Å². The van der Waals surface area contributed by atoms with Gasteiger partial charge in [0.05, 0.1) is 6.54 Å². The third-order valence-electron chi connectivity index (χ3n) is 6.54. The van der Waals surface area contributed by atoms with Crippen molar-refractivity contribution in [3.8, 4) is 0 Å². The molecule has 8 nitrogen and oxygen atoms in total. The molecule has 10 heteroatoms. The first kappa shape index (κ1) is 24.1. The number of guanidine groups is 1. The zero-order chi connectivity index (χ0) is 20.1. The van der Waals surface area contributed by atoms with Crippen molar-refractivity contribution in [3.05, 3.63) is 11.6 Å². The molecule has 1 unspecified atom stereocenters. The fourth-order valence-electron chi connectivity index (χ4n) is 4.98. The largest absolute Gasteiger partial charge is 0.377 e. The highest BCUT2D eigenvalue weighted by Gasteiger charge is 2.40. The van der Waals surface area contributed by atoms with Gasteiger partial charge in [0, 0.05) is 63.3 Å². The summed E-state index contributed by atoms with van der Waals surface area (Å²) in [5.41, 5.74) is 0.305. The zero-order valence-electron chi connectivity index (χ0n) is 18.2. The number of methoxy groups -OCH3 is 1. The lowest BCUT2D eigenvalue weighted by molar-refractivity contribution is 0.107. The van der Waals surface area contributed by atoms with Crippen LogP contribution >= 0.6 is 35.7 Å². The molecule has 4 rings (SSSR count). The molecule has 0 spiro atoms. The molecule has 1 saturated heterocycles. The minimum Gasteiger partial charge on any atom is -0.377 e. The second-order valence-corrected chi connectivity index (χ2v) is 9.62. The number of ether oxygens (including phenoxy) is 1. The van der Waals surface area contributed by atoms with Crippen LogP contribution in [0.3, 0.4) is 0 Å². The molecule has 0 amide bonds. The highest BCUT2D eigenvalue weighted by Crippen LogP contribution is 2.36. The average molecular weight is 550 g/mol. The Morgan fingerprint density at radius 2 is 2.07 bits per heavy atom. The number of thioether (sulfide) groups is 1. The molecule has 1 aromatic rings. The van der Waals surface area contributed by atoms with E-state index in [2.05, 4.69) is 42.4 Å². The Labute approximate surface area is 201 Å². The predicted molar refractivity (Wildman–Crippen MR) is 133 cm³/mol. The van der Waals surface area contributed by atoms with Gasteiger partial charge in [-0.05, 0) is 19.3 Å². The first-order valence-corrected chi connectivity index (χ1v) is 12.1. The summed E-state index contributed by atoms with van der Waals surface area (Å²) in [5.74, 6) is 5.28. The second kappa shape index (κ2) is 11.3. The number of aliphatic imine (C=N–C) groups is 1. The number of aryl methyl sites for hydroxylation is 1. The Morgan fingerprint density at radius 3 is 2.77 bits per heavy atom. The molecular formula is C20H36IN7OS. The van der Waals surface area contributed by atoms with E-state index in [0.29, 0.717) is 18.2 Å². The Bertz CT molecular complexity index is 701. The minimum atomic E-state index is 0. The van der Waals surface area contributed by atoms with Crippen LogP contribution in [0.5, 0.6) is 0 Å². The van der Waals surface area contributed by atoms with E-state index < -0.39 is 0 Å². The van der Waals surface area contributed by atoms with Gasteiger partial charge in [-0.1, -0.05) is 12.8 Å². The molecule has 0 bridgehead atoms. The summed E-state index contributed by atoms with van der Waals surface area (Å²) in [5, 5.41) is 11.9. The summed E-state index contributed by atoms with van der Waals surface area (Å²) in [7, 11) is 3.55. The molecule has 1 saturated carbocycles. The van der Waals surface area contributed by atoms with E-state index >= 15 is 0 Å². The number of nitrogens with one attached hydrogen (secondary N) is 2. The number of aromatic nitrogens is 3. The zero-order valence-corrected chi connectivity index (χ0v) is 21.4. The molecule has 2 fully saturated rings. The third kappa shape index (κ3) is 5.60. The monoisotopic (exact) mass is 549 g/mol. The lowest BCUT2D eigenvalue weighted by Gasteiger charge is -2.44. The van der Waals surface area contributed by atoms with Crippen molar-refractivity contribution < 1.29 is 4.74 Å². The van der Waals surface area contributed by atoms with Crippen LogP contribution in [0.1, 0.15) is 43.8 Å². The van der Waals surface area contributed by atoms with Crippen molar-refractivity contribution in [1.82, 2.24) is 30.3 Å². The Kier molecular flexibility index (Phi) is 9.08. The number of nitrogens with zero attached hydrogens (tertiary/aromatic N) is 5. The lowest BCUT2D eigenvalue weighted by atomic mass is 9.94. The van der Waals surface area contributed by atoms with Crippen LogP contribution in [-0.4, -0.2) is 82.5 Å². The van der Waals surface area contributed by atoms with Gasteiger partial charge in [-0.2, -0.15) is 16.9 Å². The van der Waals surface area contributed by atoms with Crippen molar-refractivity contribution >= 4 is 41.7 Å². The van der Waals surface area contributed by atoms with Crippen molar-refractivity contribution in [2.45, 2.75) is 63.3 Å². The fourth-order valence-corrected chi connectivity index (χ4v) is 5.88. The minimum absolute atomic E-state index is 0. The van der Waals surface area contributed by atoms with Gasteiger partial charge in [0.25, 0.3) is 0 Å². The molecule has 1 aliphatic carbocycles. The number of hydrogen-bond acceptors (Lipinski definition) is 6. The van der Waals surface area contributed by atoms with E-state index in [1.54, 1.807) is 7.11 Å². The summed E-state index contributed by atoms with van der Waals surface area (Å²) < 4.78 is 7.19. The summed E-state index contributed by atoms with van der Waals surface area (Å²) in [4.78, 5) is 11.8. The molecule has 170 valence electrons. The van der Waals surface area contributed by atoms with Crippen LogP contribution in [0, 0.1) is 0 Å². The fraction of sp³-hybridized carbons (Fsp3) is 0.850. The quantitative estimate of drug-likeness (QED) is 0.319. The summed E-state index contributed by atoms with van der Waals surface area (Å²) in [6.07, 6.45) is 7.27. The Balaban J connectivity index is 0.00000256. The van der Waals surface area contributed by atoms with Crippen LogP contribution in [0.15, 0.2) is 4.99 Å². The first-order valence-electron chi connectivity index (χ1n) is 10.9. The molecule has 3 aliphatic rings. The SMILES string of the molecule is CN=C(NCC1(N2CCSCC2)CCCC1)NC1CCc2nc(COC)nn2C1.I. The topological polar surface area (TPSA) is 79.6 Å². The van der Waals surface area contributed by atoms with Gasteiger partial charge in [0.2, 0.25) is 0 Å². The van der Waals surface area contributed by atoms with Crippen molar-refractivity contribution in [2.75, 3.05) is 45.3 Å².